The van der Waals surface area contributed by atoms with Crippen molar-refractivity contribution in [2.45, 2.75) is 71.9 Å². The molecule has 1 atom stereocenters. The standard InChI is InChI=1S/C15H30N4/c1-5-12(6-2)15(17-16)11-13-9-10-19(18-13)14(7-3)8-4/h9-10,12,14-15,17H,5-8,11,16H2,1-4H3. The van der Waals surface area contributed by atoms with E-state index in [1.165, 1.54) is 0 Å². The van der Waals surface area contributed by atoms with Crippen molar-refractivity contribution in [1.82, 2.24) is 15.2 Å². The number of nitrogens with zero attached hydrogens (tertiary/aromatic N) is 2. The number of hydrazine groups is 1. The van der Waals surface area contributed by atoms with Gasteiger partial charge < -0.3 is 0 Å². The van der Waals surface area contributed by atoms with Crippen molar-refractivity contribution in [2.24, 2.45) is 11.8 Å². The molecule has 19 heavy (non-hydrogen) atoms. The van der Waals surface area contributed by atoms with Crippen molar-refractivity contribution in [3.05, 3.63) is 18.0 Å². The summed E-state index contributed by atoms with van der Waals surface area (Å²) in [7, 11) is 0. The molecule has 0 bridgehead atoms. The van der Waals surface area contributed by atoms with Gasteiger partial charge in [-0.1, -0.05) is 40.5 Å². The van der Waals surface area contributed by atoms with E-state index < -0.39 is 0 Å². The first-order valence-corrected chi connectivity index (χ1v) is 7.70. The Balaban J connectivity index is 2.70. The van der Waals surface area contributed by atoms with Gasteiger partial charge >= 0.3 is 0 Å². The summed E-state index contributed by atoms with van der Waals surface area (Å²) in [6, 6.07) is 2.97. The van der Waals surface area contributed by atoms with Crippen LogP contribution in [0.1, 0.15) is 65.1 Å². The highest BCUT2D eigenvalue weighted by Crippen LogP contribution is 2.18. The lowest BCUT2D eigenvalue weighted by atomic mass is 9.91. The van der Waals surface area contributed by atoms with Crippen LogP contribution >= 0.6 is 0 Å². The first-order chi connectivity index (χ1) is 9.19. The molecule has 1 unspecified atom stereocenters. The Hall–Kier alpha value is -0.870. The van der Waals surface area contributed by atoms with Gasteiger partial charge in [0, 0.05) is 18.7 Å². The van der Waals surface area contributed by atoms with Gasteiger partial charge in [0.2, 0.25) is 0 Å². The molecule has 1 heterocycles. The molecule has 3 N–H and O–H groups in total. The largest absolute Gasteiger partial charge is 0.271 e. The molecule has 0 spiro atoms. The Morgan fingerprint density at radius 1 is 1.16 bits per heavy atom. The van der Waals surface area contributed by atoms with Gasteiger partial charge in [0.25, 0.3) is 0 Å². The lowest BCUT2D eigenvalue weighted by molar-refractivity contribution is 0.331. The Morgan fingerprint density at radius 3 is 2.26 bits per heavy atom. The fourth-order valence-electron chi connectivity index (χ4n) is 2.80. The second-order valence-electron chi connectivity index (χ2n) is 5.31. The van der Waals surface area contributed by atoms with Gasteiger partial charge in [-0.2, -0.15) is 5.10 Å². The summed E-state index contributed by atoms with van der Waals surface area (Å²) >= 11 is 0. The van der Waals surface area contributed by atoms with Crippen LogP contribution in [0.5, 0.6) is 0 Å². The highest BCUT2D eigenvalue weighted by atomic mass is 15.3. The second-order valence-corrected chi connectivity index (χ2v) is 5.31. The quantitative estimate of drug-likeness (QED) is 0.533. The Labute approximate surface area is 117 Å². The van der Waals surface area contributed by atoms with Gasteiger partial charge in [-0.25, -0.2) is 0 Å². The Kier molecular flexibility index (Phi) is 7.10. The molecule has 0 aliphatic carbocycles. The smallest absolute Gasteiger partial charge is 0.0640 e. The van der Waals surface area contributed by atoms with E-state index in [4.69, 9.17) is 10.9 Å². The Morgan fingerprint density at radius 2 is 1.79 bits per heavy atom. The van der Waals surface area contributed by atoms with Gasteiger partial charge in [-0.3, -0.25) is 16.0 Å². The molecule has 1 aromatic rings. The second kappa shape index (κ2) is 8.33. The van der Waals surface area contributed by atoms with Crippen LogP contribution in [0, 0.1) is 5.92 Å². The van der Waals surface area contributed by atoms with Crippen LogP contribution in [0.2, 0.25) is 0 Å². The van der Waals surface area contributed by atoms with E-state index in [2.05, 4.69) is 50.1 Å². The van der Waals surface area contributed by atoms with Gasteiger partial charge in [-0.05, 0) is 24.8 Å². The van der Waals surface area contributed by atoms with Crippen LogP contribution in [0.4, 0.5) is 0 Å². The fourth-order valence-corrected chi connectivity index (χ4v) is 2.80. The highest BCUT2D eigenvalue weighted by molar-refractivity contribution is 5.03. The first-order valence-electron chi connectivity index (χ1n) is 7.70. The van der Waals surface area contributed by atoms with Crippen LogP contribution in [0.15, 0.2) is 12.3 Å². The number of aromatic nitrogens is 2. The van der Waals surface area contributed by atoms with E-state index in [-0.39, 0.29) is 0 Å². The summed E-state index contributed by atoms with van der Waals surface area (Å²) in [6.07, 6.45) is 7.58. The maximum atomic E-state index is 5.71. The van der Waals surface area contributed by atoms with Gasteiger partial charge in [-0.15, -0.1) is 0 Å². The number of hydrogen-bond donors (Lipinski definition) is 2. The third kappa shape index (κ3) is 4.32. The lowest BCUT2D eigenvalue weighted by Gasteiger charge is -2.23. The summed E-state index contributed by atoms with van der Waals surface area (Å²) in [5.74, 6) is 6.32. The minimum absolute atomic E-state index is 0.319. The van der Waals surface area contributed by atoms with Crippen LogP contribution in [-0.4, -0.2) is 15.8 Å². The molecular formula is C15H30N4. The Bertz CT molecular complexity index is 340. The molecule has 0 fully saturated rings. The van der Waals surface area contributed by atoms with E-state index in [0.29, 0.717) is 18.0 Å². The predicted octanol–water partition coefficient (Wildman–Crippen LogP) is 3.05. The van der Waals surface area contributed by atoms with Crippen molar-refractivity contribution < 1.29 is 0 Å². The minimum Gasteiger partial charge on any atom is -0.271 e. The number of rotatable bonds is 9. The van der Waals surface area contributed by atoms with Crippen molar-refractivity contribution >= 4 is 0 Å². The molecule has 0 saturated heterocycles. The summed E-state index contributed by atoms with van der Waals surface area (Å²) in [4.78, 5) is 0. The summed E-state index contributed by atoms with van der Waals surface area (Å²) in [5, 5.41) is 4.71. The van der Waals surface area contributed by atoms with Crippen molar-refractivity contribution in [2.75, 3.05) is 0 Å². The molecule has 110 valence electrons. The summed E-state index contributed by atoms with van der Waals surface area (Å²) < 4.78 is 2.11. The molecular weight excluding hydrogens is 236 g/mol. The molecule has 0 aliphatic rings. The first kappa shape index (κ1) is 16.2. The van der Waals surface area contributed by atoms with Gasteiger partial charge in [0.15, 0.2) is 0 Å². The number of nitrogens with one attached hydrogen (secondary N) is 1. The summed E-state index contributed by atoms with van der Waals surface area (Å²) in [5.41, 5.74) is 4.11. The SMILES string of the molecule is CCC(CC)C(Cc1ccn(C(CC)CC)n1)NN. The van der Waals surface area contributed by atoms with Crippen LogP contribution < -0.4 is 11.3 Å². The van der Waals surface area contributed by atoms with E-state index in [1.54, 1.807) is 0 Å². The molecule has 0 saturated carbocycles. The van der Waals surface area contributed by atoms with Crippen molar-refractivity contribution in [1.29, 1.82) is 0 Å². The third-order valence-electron chi connectivity index (χ3n) is 4.24. The fraction of sp³-hybridized carbons (Fsp3) is 0.800. The molecule has 4 heteroatoms. The monoisotopic (exact) mass is 266 g/mol. The van der Waals surface area contributed by atoms with Gasteiger partial charge in [0.05, 0.1) is 11.7 Å². The molecule has 4 nitrogen and oxygen atoms in total. The zero-order chi connectivity index (χ0) is 14.3. The number of nitrogens with two attached hydrogens (primary N) is 1. The zero-order valence-corrected chi connectivity index (χ0v) is 12.9. The minimum atomic E-state index is 0.319. The van der Waals surface area contributed by atoms with Gasteiger partial charge in [0.1, 0.15) is 0 Å². The lowest BCUT2D eigenvalue weighted by Crippen LogP contribution is -2.42. The van der Waals surface area contributed by atoms with E-state index in [1.807, 2.05) is 0 Å². The average molecular weight is 266 g/mol. The van der Waals surface area contributed by atoms with E-state index in [9.17, 15) is 0 Å². The normalized spacial score (nSPS) is 13.4. The molecule has 0 aliphatic heterocycles. The zero-order valence-electron chi connectivity index (χ0n) is 12.9. The maximum absolute atomic E-state index is 5.71. The topological polar surface area (TPSA) is 55.9 Å². The molecule has 1 rings (SSSR count). The van der Waals surface area contributed by atoms with Crippen LogP contribution in [0.3, 0.4) is 0 Å². The average Bonchev–Trinajstić information content (AvgIpc) is 2.89. The van der Waals surface area contributed by atoms with E-state index in [0.717, 1.165) is 37.8 Å². The summed E-state index contributed by atoms with van der Waals surface area (Å²) in [6.45, 7) is 8.87. The van der Waals surface area contributed by atoms with Crippen molar-refractivity contribution in [3.8, 4) is 0 Å². The van der Waals surface area contributed by atoms with Crippen LogP contribution in [0.25, 0.3) is 0 Å². The highest BCUT2D eigenvalue weighted by Gasteiger charge is 2.19. The maximum Gasteiger partial charge on any atom is 0.0640 e. The predicted molar refractivity (Wildman–Crippen MR) is 80.7 cm³/mol. The van der Waals surface area contributed by atoms with Crippen LogP contribution in [-0.2, 0) is 6.42 Å². The van der Waals surface area contributed by atoms with Crippen molar-refractivity contribution in [3.63, 3.8) is 0 Å². The third-order valence-corrected chi connectivity index (χ3v) is 4.24. The molecule has 1 aromatic heterocycles. The van der Waals surface area contributed by atoms with E-state index >= 15 is 0 Å². The molecule has 0 radical (unpaired) electrons. The molecule has 0 amide bonds. The number of hydrogen-bond acceptors (Lipinski definition) is 3. The molecule has 0 aromatic carbocycles.